The minimum atomic E-state index is -0.407. The zero-order valence-electron chi connectivity index (χ0n) is 16.8. The summed E-state index contributed by atoms with van der Waals surface area (Å²) in [7, 11) is 0. The van der Waals surface area contributed by atoms with Gasteiger partial charge < -0.3 is 24.8 Å². The van der Waals surface area contributed by atoms with E-state index in [1.54, 1.807) is 0 Å². The molecule has 0 aliphatic rings. The summed E-state index contributed by atoms with van der Waals surface area (Å²) in [5.74, 6) is 0.846. The highest BCUT2D eigenvalue weighted by atomic mass is 16.7. The highest BCUT2D eigenvalue weighted by Gasteiger charge is 2.13. The van der Waals surface area contributed by atoms with Crippen molar-refractivity contribution >= 4 is 6.03 Å². The van der Waals surface area contributed by atoms with Crippen LogP contribution in [0.3, 0.4) is 0 Å². The van der Waals surface area contributed by atoms with E-state index in [4.69, 9.17) is 14.2 Å². The molecule has 0 heterocycles. The van der Waals surface area contributed by atoms with Crippen molar-refractivity contribution in [1.29, 1.82) is 0 Å². The Kier molecular flexibility index (Phi) is 10.1. The lowest BCUT2D eigenvalue weighted by atomic mass is 9.87. The maximum atomic E-state index is 11.7. The van der Waals surface area contributed by atoms with E-state index < -0.39 is 6.29 Å². The summed E-state index contributed by atoms with van der Waals surface area (Å²) < 4.78 is 16.4. The van der Waals surface area contributed by atoms with Crippen LogP contribution in [0, 0.1) is 0 Å². The molecule has 6 nitrogen and oxygen atoms in total. The number of carbonyl (C=O) groups is 1. The Bertz CT molecular complexity index is 506. The second kappa shape index (κ2) is 11.8. The van der Waals surface area contributed by atoms with E-state index in [1.807, 2.05) is 26.0 Å². The fourth-order valence-electron chi connectivity index (χ4n) is 2.29. The van der Waals surface area contributed by atoms with Gasteiger partial charge in [-0.05, 0) is 43.4 Å². The fraction of sp³-hybridized carbons (Fsp3) is 0.650. The van der Waals surface area contributed by atoms with Crippen LogP contribution in [-0.4, -0.2) is 45.2 Å². The largest absolute Gasteiger partial charge is 0.494 e. The minimum absolute atomic E-state index is 0.138. The van der Waals surface area contributed by atoms with Gasteiger partial charge in [-0.15, -0.1) is 0 Å². The van der Waals surface area contributed by atoms with Crippen LogP contribution < -0.4 is 15.4 Å². The van der Waals surface area contributed by atoms with Crippen molar-refractivity contribution in [3.63, 3.8) is 0 Å². The molecule has 2 N–H and O–H groups in total. The van der Waals surface area contributed by atoms with Gasteiger partial charge >= 0.3 is 6.03 Å². The molecule has 0 atom stereocenters. The molecule has 0 aliphatic heterocycles. The van der Waals surface area contributed by atoms with Gasteiger partial charge in [-0.2, -0.15) is 0 Å². The van der Waals surface area contributed by atoms with E-state index in [9.17, 15) is 4.79 Å². The first-order valence-electron chi connectivity index (χ1n) is 9.35. The first-order chi connectivity index (χ1) is 12.4. The van der Waals surface area contributed by atoms with Gasteiger partial charge in [0.1, 0.15) is 5.75 Å². The van der Waals surface area contributed by atoms with E-state index in [0.29, 0.717) is 32.9 Å². The lowest BCUT2D eigenvalue weighted by molar-refractivity contribution is -0.131. The quantitative estimate of drug-likeness (QED) is 0.465. The second-order valence-corrected chi connectivity index (χ2v) is 6.95. The molecule has 2 amide bonds. The van der Waals surface area contributed by atoms with Gasteiger partial charge in [-0.25, -0.2) is 4.79 Å². The molecule has 1 aromatic carbocycles. The molecule has 0 spiro atoms. The Hall–Kier alpha value is -1.79. The highest BCUT2D eigenvalue weighted by molar-refractivity contribution is 5.73. The van der Waals surface area contributed by atoms with Crippen molar-refractivity contribution in [2.75, 3.05) is 32.9 Å². The SMILES string of the molecule is CCOC(CNC(=O)NCCCOc1ccc(C(C)(C)C)cc1)OCC. The number of hydrogen-bond donors (Lipinski definition) is 2. The maximum Gasteiger partial charge on any atom is 0.314 e. The van der Waals surface area contributed by atoms with Gasteiger partial charge in [0.2, 0.25) is 0 Å². The predicted molar refractivity (Wildman–Crippen MR) is 104 cm³/mol. The Morgan fingerprint density at radius 2 is 1.65 bits per heavy atom. The molecule has 0 aliphatic carbocycles. The number of nitrogens with one attached hydrogen (secondary N) is 2. The van der Waals surface area contributed by atoms with Gasteiger partial charge in [0, 0.05) is 19.8 Å². The summed E-state index contributed by atoms with van der Waals surface area (Å²) in [4.78, 5) is 11.7. The normalized spacial score (nSPS) is 11.5. The smallest absolute Gasteiger partial charge is 0.314 e. The summed E-state index contributed by atoms with van der Waals surface area (Å²) in [6.45, 7) is 12.8. The number of urea groups is 1. The first kappa shape index (κ1) is 22.3. The molecular weight excluding hydrogens is 332 g/mol. The Labute approximate surface area is 157 Å². The minimum Gasteiger partial charge on any atom is -0.494 e. The van der Waals surface area contributed by atoms with Crippen molar-refractivity contribution in [3.8, 4) is 5.75 Å². The zero-order valence-corrected chi connectivity index (χ0v) is 16.8. The van der Waals surface area contributed by atoms with E-state index in [1.165, 1.54) is 5.56 Å². The van der Waals surface area contributed by atoms with Crippen LogP contribution >= 0.6 is 0 Å². The van der Waals surface area contributed by atoms with Crippen LogP contribution in [0.5, 0.6) is 5.75 Å². The summed E-state index contributed by atoms with van der Waals surface area (Å²) in [5, 5.41) is 5.54. The molecule has 0 unspecified atom stereocenters. The van der Waals surface area contributed by atoms with Crippen molar-refractivity contribution in [2.45, 2.75) is 52.7 Å². The number of hydrogen-bond acceptors (Lipinski definition) is 4. The zero-order chi connectivity index (χ0) is 19.4. The number of carbonyl (C=O) groups excluding carboxylic acids is 1. The molecule has 0 radical (unpaired) electrons. The Morgan fingerprint density at radius 3 is 2.19 bits per heavy atom. The molecular formula is C20H34N2O4. The van der Waals surface area contributed by atoms with Crippen LogP contribution in [0.2, 0.25) is 0 Å². The average Bonchev–Trinajstić information content (AvgIpc) is 2.59. The topological polar surface area (TPSA) is 68.8 Å². The maximum absolute atomic E-state index is 11.7. The van der Waals surface area contributed by atoms with Crippen LogP contribution in [0.4, 0.5) is 4.79 Å². The van der Waals surface area contributed by atoms with Crippen LogP contribution in [0.25, 0.3) is 0 Å². The lowest BCUT2D eigenvalue weighted by Crippen LogP contribution is -2.41. The van der Waals surface area contributed by atoms with Crippen molar-refractivity contribution in [3.05, 3.63) is 29.8 Å². The summed E-state index contributed by atoms with van der Waals surface area (Å²) >= 11 is 0. The first-order valence-corrected chi connectivity index (χ1v) is 9.35. The van der Waals surface area contributed by atoms with Gasteiger partial charge in [-0.1, -0.05) is 32.9 Å². The van der Waals surface area contributed by atoms with E-state index in [2.05, 4.69) is 43.5 Å². The van der Waals surface area contributed by atoms with E-state index in [0.717, 1.165) is 12.2 Å². The third-order valence-electron chi connectivity index (χ3n) is 3.73. The lowest BCUT2D eigenvalue weighted by Gasteiger charge is -2.19. The van der Waals surface area contributed by atoms with E-state index in [-0.39, 0.29) is 11.4 Å². The summed E-state index contributed by atoms with van der Waals surface area (Å²) in [5.41, 5.74) is 1.42. The number of ether oxygens (including phenoxy) is 3. The molecule has 0 saturated carbocycles. The highest BCUT2D eigenvalue weighted by Crippen LogP contribution is 2.24. The average molecular weight is 367 g/mol. The van der Waals surface area contributed by atoms with Gasteiger partial charge in [0.25, 0.3) is 0 Å². The summed E-state index contributed by atoms with van der Waals surface area (Å²) in [6.07, 6.45) is 0.324. The fourth-order valence-corrected chi connectivity index (χ4v) is 2.29. The standard InChI is InChI=1S/C20H34N2O4/c1-6-24-18(25-7-2)15-22-19(23)21-13-8-14-26-17-11-9-16(10-12-17)20(3,4)5/h9-12,18H,6-8,13-15H2,1-5H3,(H2,21,22,23). The molecule has 1 aromatic rings. The molecule has 26 heavy (non-hydrogen) atoms. The number of amides is 2. The van der Waals surface area contributed by atoms with Crippen LogP contribution in [0.15, 0.2) is 24.3 Å². The van der Waals surface area contributed by atoms with Crippen molar-refractivity contribution in [2.24, 2.45) is 0 Å². The molecule has 1 rings (SSSR count). The van der Waals surface area contributed by atoms with Crippen molar-refractivity contribution < 1.29 is 19.0 Å². The molecule has 6 heteroatoms. The Balaban J connectivity index is 2.17. The van der Waals surface area contributed by atoms with Crippen molar-refractivity contribution in [1.82, 2.24) is 10.6 Å². The molecule has 148 valence electrons. The number of benzene rings is 1. The van der Waals surface area contributed by atoms with Crippen LogP contribution in [0.1, 0.15) is 46.6 Å². The monoisotopic (exact) mass is 366 g/mol. The van der Waals surface area contributed by atoms with Gasteiger partial charge in [0.15, 0.2) is 6.29 Å². The Morgan fingerprint density at radius 1 is 1.04 bits per heavy atom. The molecule has 0 bridgehead atoms. The van der Waals surface area contributed by atoms with Crippen LogP contribution in [-0.2, 0) is 14.9 Å². The summed E-state index contributed by atoms with van der Waals surface area (Å²) in [6, 6.07) is 7.93. The third-order valence-corrected chi connectivity index (χ3v) is 3.73. The predicted octanol–water partition coefficient (Wildman–Crippen LogP) is 3.45. The van der Waals surface area contributed by atoms with Gasteiger partial charge in [0.05, 0.1) is 13.2 Å². The van der Waals surface area contributed by atoms with Gasteiger partial charge in [-0.3, -0.25) is 0 Å². The number of rotatable bonds is 11. The molecule has 0 fully saturated rings. The molecule has 0 saturated heterocycles. The molecule has 0 aromatic heterocycles. The van der Waals surface area contributed by atoms with E-state index >= 15 is 0 Å². The third kappa shape index (κ3) is 9.06. The second-order valence-electron chi connectivity index (χ2n) is 6.95.